The Morgan fingerprint density at radius 1 is 1.08 bits per heavy atom. The minimum absolute atomic E-state index is 0.901. The van der Waals surface area contributed by atoms with E-state index in [4.69, 9.17) is 0 Å². The maximum Gasteiger partial charge on any atom is 0.0567 e. The molecule has 0 radical (unpaired) electrons. The number of hydrogen-bond acceptors (Lipinski definition) is 1. The van der Waals surface area contributed by atoms with Gasteiger partial charge in [-0.3, -0.25) is 4.98 Å². The van der Waals surface area contributed by atoms with Gasteiger partial charge in [-0.1, -0.05) is 31.1 Å². The fourth-order valence-electron chi connectivity index (χ4n) is 5.32. The van der Waals surface area contributed by atoms with Crippen LogP contribution >= 0.6 is 0 Å². The maximum absolute atomic E-state index is 4.43. The SMILES string of the molecule is C1=CC2=C(CCC(CC3CC3)C2)n2c3c(c4cnccc42)CCC=C13. The first-order chi connectivity index (χ1) is 12.4. The van der Waals surface area contributed by atoms with Crippen molar-refractivity contribution in [3.05, 3.63) is 53.5 Å². The molecular formula is C23H24N2. The molecule has 0 bridgehead atoms. The van der Waals surface area contributed by atoms with Gasteiger partial charge in [-0.15, -0.1) is 0 Å². The third-order valence-electron chi connectivity index (χ3n) is 6.67. The zero-order valence-corrected chi connectivity index (χ0v) is 14.7. The lowest BCUT2D eigenvalue weighted by molar-refractivity contribution is 0.414. The number of aromatic nitrogens is 2. The summed E-state index contributed by atoms with van der Waals surface area (Å²) in [4.78, 5) is 4.43. The van der Waals surface area contributed by atoms with E-state index in [2.05, 4.69) is 40.0 Å². The molecule has 0 aromatic carbocycles. The molecule has 3 heterocycles. The summed E-state index contributed by atoms with van der Waals surface area (Å²) in [5.41, 5.74) is 8.90. The zero-order valence-electron chi connectivity index (χ0n) is 14.7. The van der Waals surface area contributed by atoms with Gasteiger partial charge in [0.15, 0.2) is 0 Å². The van der Waals surface area contributed by atoms with E-state index in [-0.39, 0.29) is 0 Å². The Labute approximate surface area is 148 Å². The van der Waals surface area contributed by atoms with Crippen LogP contribution in [0.1, 0.15) is 56.2 Å². The molecule has 2 heteroatoms. The highest BCUT2D eigenvalue weighted by Gasteiger charge is 2.32. The molecule has 2 aromatic heterocycles. The molecule has 1 unspecified atom stereocenters. The van der Waals surface area contributed by atoms with Gasteiger partial charge >= 0.3 is 0 Å². The predicted octanol–water partition coefficient (Wildman–Crippen LogP) is 5.75. The molecule has 1 atom stereocenters. The quantitative estimate of drug-likeness (QED) is 0.686. The molecule has 4 aliphatic rings. The van der Waals surface area contributed by atoms with Crippen LogP contribution in [0.15, 0.2) is 42.3 Å². The molecule has 1 aliphatic heterocycles. The van der Waals surface area contributed by atoms with Gasteiger partial charge < -0.3 is 4.57 Å². The highest BCUT2D eigenvalue weighted by Crippen LogP contribution is 2.46. The standard InChI is InChI=1S/C23H24N2/c1-2-17-7-8-18-13-16(12-15-4-5-15)6-9-21(18)25-22-10-11-24-14-20(22)19(3-1)23(17)25/h2,7-8,10-11,14-16H,1,3-6,9,12-13H2. The highest BCUT2D eigenvalue weighted by molar-refractivity contribution is 5.96. The van der Waals surface area contributed by atoms with Crippen molar-refractivity contribution in [3.63, 3.8) is 0 Å². The molecule has 0 spiro atoms. The van der Waals surface area contributed by atoms with Gasteiger partial charge in [-0.05, 0) is 73.1 Å². The molecule has 0 N–H and O–H groups in total. The Morgan fingerprint density at radius 3 is 2.96 bits per heavy atom. The van der Waals surface area contributed by atoms with Crippen molar-refractivity contribution in [3.8, 4) is 0 Å². The van der Waals surface area contributed by atoms with E-state index in [1.165, 1.54) is 66.3 Å². The monoisotopic (exact) mass is 328 g/mol. The van der Waals surface area contributed by atoms with Gasteiger partial charge in [0.1, 0.15) is 0 Å². The van der Waals surface area contributed by atoms with E-state index in [1.807, 2.05) is 6.20 Å². The van der Waals surface area contributed by atoms with Gasteiger partial charge in [0.05, 0.1) is 11.2 Å². The molecule has 6 rings (SSSR count). The summed E-state index contributed by atoms with van der Waals surface area (Å²) in [7, 11) is 0. The number of fused-ring (bicyclic) bond motifs is 4. The largest absolute Gasteiger partial charge is 0.312 e. The van der Waals surface area contributed by atoms with Gasteiger partial charge in [0.25, 0.3) is 0 Å². The molecule has 1 saturated carbocycles. The van der Waals surface area contributed by atoms with Crippen molar-refractivity contribution < 1.29 is 0 Å². The minimum atomic E-state index is 0.901. The van der Waals surface area contributed by atoms with Crippen LogP contribution in [-0.2, 0) is 6.42 Å². The Morgan fingerprint density at radius 2 is 2.04 bits per heavy atom. The van der Waals surface area contributed by atoms with Gasteiger partial charge in [0, 0.05) is 23.5 Å². The molecule has 2 aromatic rings. The molecule has 25 heavy (non-hydrogen) atoms. The maximum atomic E-state index is 4.43. The fourth-order valence-corrected chi connectivity index (χ4v) is 5.32. The molecule has 126 valence electrons. The molecule has 0 amide bonds. The van der Waals surface area contributed by atoms with Crippen molar-refractivity contribution in [2.45, 2.75) is 51.4 Å². The number of nitrogens with zero attached hydrogens (tertiary/aromatic N) is 2. The molecular weight excluding hydrogens is 304 g/mol. The number of allylic oxidation sites excluding steroid dienone is 6. The summed E-state index contributed by atoms with van der Waals surface area (Å²) >= 11 is 0. The van der Waals surface area contributed by atoms with E-state index in [0.717, 1.165) is 24.7 Å². The summed E-state index contributed by atoms with van der Waals surface area (Å²) in [6, 6.07) is 2.22. The second-order valence-electron chi connectivity index (χ2n) is 8.35. The van der Waals surface area contributed by atoms with Crippen molar-refractivity contribution in [2.75, 3.05) is 0 Å². The first-order valence-corrected chi connectivity index (χ1v) is 9.97. The third kappa shape index (κ3) is 2.13. The molecule has 3 aliphatic carbocycles. The van der Waals surface area contributed by atoms with E-state index in [1.54, 1.807) is 11.3 Å². The Balaban J connectivity index is 1.55. The Bertz CT molecular complexity index is 965. The first kappa shape index (κ1) is 14.1. The number of pyridine rings is 1. The molecule has 0 saturated heterocycles. The fraction of sp³-hybridized carbons (Fsp3) is 0.435. The average molecular weight is 328 g/mol. The molecule has 2 nitrogen and oxygen atoms in total. The van der Waals surface area contributed by atoms with Crippen LogP contribution < -0.4 is 0 Å². The van der Waals surface area contributed by atoms with Crippen LogP contribution in [0.2, 0.25) is 0 Å². The summed E-state index contributed by atoms with van der Waals surface area (Å²) < 4.78 is 2.60. The lowest BCUT2D eigenvalue weighted by atomic mass is 9.83. The van der Waals surface area contributed by atoms with Gasteiger partial charge in [-0.25, -0.2) is 0 Å². The first-order valence-electron chi connectivity index (χ1n) is 9.97. The lowest BCUT2D eigenvalue weighted by Gasteiger charge is -2.27. The Hall–Kier alpha value is -2.09. The van der Waals surface area contributed by atoms with E-state index in [9.17, 15) is 0 Å². The minimum Gasteiger partial charge on any atom is -0.312 e. The van der Waals surface area contributed by atoms with Gasteiger partial charge in [-0.2, -0.15) is 0 Å². The summed E-state index contributed by atoms with van der Waals surface area (Å²) in [5, 5.41) is 1.37. The van der Waals surface area contributed by atoms with Crippen LogP contribution in [0.25, 0.3) is 22.2 Å². The number of hydrogen-bond donors (Lipinski definition) is 0. The van der Waals surface area contributed by atoms with E-state index >= 15 is 0 Å². The van der Waals surface area contributed by atoms with E-state index < -0.39 is 0 Å². The molecule has 1 fully saturated rings. The summed E-state index contributed by atoms with van der Waals surface area (Å²) in [6.45, 7) is 0. The smallest absolute Gasteiger partial charge is 0.0567 e. The summed E-state index contributed by atoms with van der Waals surface area (Å²) in [5.74, 6) is 1.94. The van der Waals surface area contributed by atoms with Crippen LogP contribution in [0, 0.1) is 11.8 Å². The van der Waals surface area contributed by atoms with Crippen molar-refractivity contribution in [1.29, 1.82) is 0 Å². The van der Waals surface area contributed by atoms with Crippen LogP contribution in [0.4, 0.5) is 0 Å². The van der Waals surface area contributed by atoms with Crippen LogP contribution in [0.5, 0.6) is 0 Å². The van der Waals surface area contributed by atoms with Crippen LogP contribution in [0.3, 0.4) is 0 Å². The Kier molecular flexibility index (Phi) is 2.94. The predicted molar refractivity (Wildman–Crippen MR) is 103 cm³/mol. The second-order valence-corrected chi connectivity index (χ2v) is 8.35. The van der Waals surface area contributed by atoms with Gasteiger partial charge in [0.2, 0.25) is 0 Å². The van der Waals surface area contributed by atoms with Crippen molar-refractivity contribution in [1.82, 2.24) is 9.55 Å². The lowest BCUT2D eigenvalue weighted by Crippen LogP contribution is -2.14. The summed E-state index contributed by atoms with van der Waals surface area (Å²) in [6.07, 6.45) is 21.9. The highest BCUT2D eigenvalue weighted by atomic mass is 15.0. The topological polar surface area (TPSA) is 17.8 Å². The van der Waals surface area contributed by atoms with Crippen molar-refractivity contribution >= 4 is 22.2 Å². The van der Waals surface area contributed by atoms with E-state index in [0.29, 0.717) is 0 Å². The normalized spacial score (nSPS) is 24.8. The number of rotatable bonds is 2. The van der Waals surface area contributed by atoms with Crippen LogP contribution in [-0.4, -0.2) is 9.55 Å². The van der Waals surface area contributed by atoms with Crippen molar-refractivity contribution in [2.24, 2.45) is 11.8 Å². The zero-order chi connectivity index (χ0) is 16.4. The third-order valence-corrected chi connectivity index (χ3v) is 6.67. The average Bonchev–Trinajstić information content (AvgIpc) is 3.42. The second kappa shape index (κ2) is 5.20. The number of aryl methyl sites for hydroxylation is 1.